The summed E-state index contributed by atoms with van der Waals surface area (Å²) in [5.41, 5.74) is 1.05. The highest BCUT2D eigenvalue weighted by atomic mass is 32.1. The average Bonchev–Trinajstić information content (AvgIpc) is 3.13. The molecule has 0 unspecified atom stereocenters. The Labute approximate surface area is 146 Å². The van der Waals surface area contributed by atoms with Gasteiger partial charge in [-0.15, -0.1) is 11.3 Å². The predicted molar refractivity (Wildman–Crippen MR) is 103 cm³/mol. The molecule has 0 bridgehead atoms. The van der Waals surface area contributed by atoms with Crippen molar-refractivity contribution in [3.8, 4) is 0 Å². The first-order valence-corrected chi connectivity index (χ1v) is 9.05. The van der Waals surface area contributed by atoms with Gasteiger partial charge in [0, 0.05) is 24.2 Å². The maximum atomic E-state index is 12.4. The lowest BCUT2D eigenvalue weighted by molar-refractivity contribution is -0.121. The number of carbonyl (C=O) groups excluding carboxylic acids is 1. The molecule has 0 aliphatic carbocycles. The summed E-state index contributed by atoms with van der Waals surface area (Å²) >= 11 is 1.73. The number of hydrogen-bond donors (Lipinski definition) is 1. The molecule has 3 aromatic rings. The molecule has 0 radical (unpaired) electrons. The summed E-state index contributed by atoms with van der Waals surface area (Å²) in [5.74, 6) is 0.0576. The summed E-state index contributed by atoms with van der Waals surface area (Å²) < 4.78 is 0. The van der Waals surface area contributed by atoms with Gasteiger partial charge in [-0.25, -0.2) is 0 Å². The van der Waals surface area contributed by atoms with Gasteiger partial charge < -0.3 is 10.2 Å². The second-order valence-electron chi connectivity index (χ2n) is 5.94. The average molecular weight is 338 g/mol. The van der Waals surface area contributed by atoms with Crippen LogP contribution in [0.2, 0.25) is 0 Å². The van der Waals surface area contributed by atoms with E-state index in [1.165, 1.54) is 15.6 Å². The zero-order valence-corrected chi connectivity index (χ0v) is 14.8. The van der Waals surface area contributed by atoms with Gasteiger partial charge in [0.15, 0.2) is 0 Å². The molecule has 4 heteroatoms. The Morgan fingerprint density at radius 3 is 2.67 bits per heavy atom. The second kappa shape index (κ2) is 7.49. The summed E-state index contributed by atoms with van der Waals surface area (Å²) in [5, 5.41) is 7.50. The molecule has 3 rings (SSSR count). The van der Waals surface area contributed by atoms with Gasteiger partial charge in [-0.2, -0.15) is 0 Å². The van der Waals surface area contributed by atoms with Crippen molar-refractivity contribution in [2.45, 2.75) is 19.4 Å². The van der Waals surface area contributed by atoms with Gasteiger partial charge in [-0.05, 0) is 47.7 Å². The third-order valence-corrected chi connectivity index (χ3v) is 5.29. The zero-order chi connectivity index (χ0) is 16.9. The molecule has 1 aromatic heterocycles. The van der Waals surface area contributed by atoms with Gasteiger partial charge in [-0.3, -0.25) is 4.79 Å². The lowest BCUT2D eigenvalue weighted by Gasteiger charge is -2.26. The van der Waals surface area contributed by atoms with Gasteiger partial charge in [0.2, 0.25) is 5.91 Å². The largest absolute Gasteiger partial charge is 0.363 e. The first-order chi connectivity index (χ1) is 11.6. The first kappa shape index (κ1) is 16.5. The van der Waals surface area contributed by atoms with Crippen molar-refractivity contribution in [1.29, 1.82) is 0 Å². The van der Waals surface area contributed by atoms with Gasteiger partial charge in [0.1, 0.15) is 6.04 Å². The van der Waals surface area contributed by atoms with E-state index in [2.05, 4.69) is 47.1 Å². The number of amides is 1. The molecule has 124 valence electrons. The predicted octanol–water partition coefficient (Wildman–Crippen LogP) is 4.08. The van der Waals surface area contributed by atoms with Crippen LogP contribution in [0.15, 0.2) is 60.0 Å². The van der Waals surface area contributed by atoms with Crippen LogP contribution in [0.1, 0.15) is 11.8 Å². The Hall–Kier alpha value is -2.33. The molecule has 2 aromatic carbocycles. The number of benzene rings is 2. The van der Waals surface area contributed by atoms with Crippen molar-refractivity contribution < 1.29 is 4.79 Å². The van der Waals surface area contributed by atoms with E-state index in [1.54, 1.807) is 11.3 Å². The van der Waals surface area contributed by atoms with Crippen LogP contribution in [0, 0.1) is 0 Å². The second-order valence-corrected chi connectivity index (χ2v) is 6.97. The van der Waals surface area contributed by atoms with Crippen LogP contribution in [-0.2, 0) is 11.2 Å². The van der Waals surface area contributed by atoms with Crippen molar-refractivity contribution in [2.75, 3.05) is 18.5 Å². The maximum Gasteiger partial charge on any atom is 0.242 e. The standard InChI is InChI=1S/C20H22N2OS/c1-15(20(23)21-12-11-19-8-5-13-24-19)22(2)18-10-9-16-6-3-4-7-17(16)14-18/h3-10,13-15H,11-12H2,1-2H3,(H,21,23)/t15-/m0/s1. The molecular weight excluding hydrogens is 316 g/mol. The number of fused-ring (bicyclic) bond motifs is 1. The number of rotatable bonds is 6. The van der Waals surface area contributed by atoms with E-state index in [1.807, 2.05) is 37.1 Å². The van der Waals surface area contributed by atoms with E-state index in [9.17, 15) is 4.79 Å². The smallest absolute Gasteiger partial charge is 0.242 e. The summed E-state index contributed by atoms with van der Waals surface area (Å²) in [6.07, 6.45) is 0.885. The van der Waals surface area contributed by atoms with E-state index in [4.69, 9.17) is 0 Å². The molecular formula is C20H22N2OS. The third kappa shape index (κ3) is 3.77. The molecule has 1 amide bonds. The zero-order valence-electron chi connectivity index (χ0n) is 14.0. The molecule has 0 aliphatic rings. The van der Waals surface area contributed by atoms with Crippen LogP contribution < -0.4 is 10.2 Å². The van der Waals surface area contributed by atoms with E-state index >= 15 is 0 Å². The molecule has 0 spiro atoms. The molecule has 1 heterocycles. The van der Waals surface area contributed by atoms with Crippen molar-refractivity contribution in [3.63, 3.8) is 0 Å². The molecule has 0 saturated heterocycles. The fourth-order valence-electron chi connectivity index (χ4n) is 2.71. The minimum Gasteiger partial charge on any atom is -0.363 e. The lowest BCUT2D eigenvalue weighted by Crippen LogP contribution is -2.43. The number of thiophene rings is 1. The fourth-order valence-corrected chi connectivity index (χ4v) is 3.42. The first-order valence-electron chi connectivity index (χ1n) is 8.17. The monoisotopic (exact) mass is 338 g/mol. The Balaban J connectivity index is 1.61. The SMILES string of the molecule is C[C@@H](C(=O)NCCc1cccs1)N(C)c1ccc2ccccc2c1. The minimum atomic E-state index is -0.213. The van der Waals surface area contributed by atoms with Crippen LogP contribution in [0.5, 0.6) is 0 Å². The van der Waals surface area contributed by atoms with E-state index in [0.717, 1.165) is 12.1 Å². The lowest BCUT2D eigenvalue weighted by atomic mass is 10.1. The number of anilines is 1. The number of nitrogens with zero attached hydrogens (tertiary/aromatic N) is 1. The minimum absolute atomic E-state index is 0.0576. The number of carbonyl (C=O) groups is 1. The Bertz CT molecular complexity index is 813. The van der Waals surface area contributed by atoms with Crippen LogP contribution in [0.3, 0.4) is 0 Å². The molecule has 0 fully saturated rings. The van der Waals surface area contributed by atoms with Crippen LogP contribution in [0.4, 0.5) is 5.69 Å². The Kier molecular flexibility index (Phi) is 5.16. The molecule has 1 N–H and O–H groups in total. The highest BCUT2D eigenvalue weighted by molar-refractivity contribution is 7.09. The topological polar surface area (TPSA) is 32.3 Å². The normalized spacial score (nSPS) is 12.1. The molecule has 1 atom stereocenters. The summed E-state index contributed by atoms with van der Waals surface area (Å²) in [6, 6.07) is 18.5. The summed E-state index contributed by atoms with van der Waals surface area (Å²) in [6.45, 7) is 2.62. The quantitative estimate of drug-likeness (QED) is 0.734. The van der Waals surface area contributed by atoms with E-state index < -0.39 is 0 Å². The summed E-state index contributed by atoms with van der Waals surface area (Å²) in [4.78, 5) is 15.7. The van der Waals surface area contributed by atoms with Gasteiger partial charge in [-0.1, -0.05) is 36.4 Å². The van der Waals surface area contributed by atoms with Gasteiger partial charge >= 0.3 is 0 Å². The van der Waals surface area contributed by atoms with Crippen molar-refractivity contribution in [3.05, 3.63) is 64.9 Å². The van der Waals surface area contributed by atoms with Gasteiger partial charge in [0.05, 0.1) is 0 Å². The number of nitrogens with one attached hydrogen (secondary N) is 1. The maximum absolute atomic E-state index is 12.4. The van der Waals surface area contributed by atoms with Crippen LogP contribution >= 0.6 is 11.3 Å². The van der Waals surface area contributed by atoms with E-state index in [-0.39, 0.29) is 11.9 Å². The highest BCUT2D eigenvalue weighted by Gasteiger charge is 2.18. The molecule has 0 aliphatic heterocycles. The van der Waals surface area contributed by atoms with Gasteiger partial charge in [0.25, 0.3) is 0 Å². The van der Waals surface area contributed by atoms with Crippen molar-refractivity contribution >= 4 is 33.7 Å². The van der Waals surface area contributed by atoms with Crippen LogP contribution in [-0.4, -0.2) is 25.5 Å². The Morgan fingerprint density at radius 1 is 1.12 bits per heavy atom. The molecule has 3 nitrogen and oxygen atoms in total. The number of likely N-dealkylation sites (N-methyl/N-ethyl adjacent to an activating group) is 1. The van der Waals surface area contributed by atoms with Crippen molar-refractivity contribution in [1.82, 2.24) is 5.32 Å². The van der Waals surface area contributed by atoms with E-state index in [0.29, 0.717) is 6.54 Å². The van der Waals surface area contributed by atoms with Crippen LogP contribution in [0.25, 0.3) is 10.8 Å². The molecule has 0 saturated carbocycles. The Morgan fingerprint density at radius 2 is 1.92 bits per heavy atom. The fraction of sp³-hybridized carbons (Fsp3) is 0.250. The van der Waals surface area contributed by atoms with Crippen molar-refractivity contribution in [2.24, 2.45) is 0 Å². The summed E-state index contributed by atoms with van der Waals surface area (Å²) in [7, 11) is 1.97. The third-order valence-electron chi connectivity index (χ3n) is 4.35. The molecule has 24 heavy (non-hydrogen) atoms. The number of hydrogen-bond acceptors (Lipinski definition) is 3. The highest BCUT2D eigenvalue weighted by Crippen LogP contribution is 2.22.